The lowest BCUT2D eigenvalue weighted by Gasteiger charge is -2.02. The highest BCUT2D eigenvalue weighted by Gasteiger charge is 2.06. The molecule has 0 aliphatic heterocycles. The first-order valence-corrected chi connectivity index (χ1v) is 5.71. The maximum absolute atomic E-state index is 10.2. The van der Waals surface area contributed by atoms with Crippen LogP contribution < -0.4 is 0 Å². The lowest BCUT2D eigenvalue weighted by atomic mass is 10.1. The maximum Gasteiger partial charge on any atom is 0.305 e. The zero-order valence-corrected chi connectivity index (χ0v) is 9.48. The van der Waals surface area contributed by atoms with E-state index in [1.54, 1.807) is 0 Å². The largest absolute Gasteiger partial charge is 0.481 e. The van der Waals surface area contributed by atoms with E-state index in [-0.39, 0.29) is 6.42 Å². The van der Waals surface area contributed by atoms with Crippen molar-refractivity contribution >= 4 is 5.97 Å². The van der Waals surface area contributed by atoms with Crippen LogP contribution in [-0.4, -0.2) is 22.3 Å². The Hall–Kier alpha value is -0.830. The molecule has 0 aliphatic carbocycles. The minimum atomic E-state index is -0.946. The van der Waals surface area contributed by atoms with Crippen molar-refractivity contribution in [2.24, 2.45) is 0 Å². The van der Waals surface area contributed by atoms with Crippen LogP contribution in [0.5, 0.6) is 0 Å². The van der Waals surface area contributed by atoms with Gasteiger partial charge in [-0.15, -0.1) is 0 Å². The van der Waals surface area contributed by atoms with Crippen molar-refractivity contribution in [3.05, 3.63) is 12.2 Å². The summed E-state index contributed by atoms with van der Waals surface area (Å²) >= 11 is 0. The number of aliphatic hydroxyl groups excluding tert-OH is 1. The minimum absolute atomic E-state index is 0.166. The van der Waals surface area contributed by atoms with Gasteiger partial charge in [-0.25, -0.2) is 0 Å². The Labute approximate surface area is 91.8 Å². The zero-order chi connectivity index (χ0) is 11.5. The number of hydrogen-bond donors (Lipinski definition) is 2. The van der Waals surface area contributed by atoms with E-state index in [1.165, 1.54) is 25.7 Å². The molecule has 15 heavy (non-hydrogen) atoms. The molecule has 0 spiro atoms. The molecular weight excluding hydrogens is 192 g/mol. The molecule has 0 heterocycles. The zero-order valence-electron chi connectivity index (χ0n) is 9.48. The molecule has 1 atom stereocenters. The standard InChI is InChI=1S/C12H22O3/c1-2-3-4-5-6-7-8-9-11(13)10-12(14)15/h7-8,11,13H,2-6,9-10H2,1H3,(H,14,15)/b8-7+. The van der Waals surface area contributed by atoms with E-state index in [0.717, 1.165) is 6.42 Å². The van der Waals surface area contributed by atoms with Gasteiger partial charge in [0, 0.05) is 0 Å². The van der Waals surface area contributed by atoms with Gasteiger partial charge in [0.05, 0.1) is 12.5 Å². The topological polar surface area (TPSA) is 57.5 Å². The molecule has 0 aromatic rings. The lowest BCUT2D eigenvalue weighted by Crippen LogP contribution is -2.11. The summed E-state index contributed by atoms with van der Waals surface area (Å²) < 4.78 is 0. The summed E-state index contributed by atoms with van der Waals surface area (Å²) in [7, 11) is 0. The van der Waals surface area contributed by atoms with Gasteiger partial charge >= 0.3 is 5.97 Å². The molecule has 0 aromatic carbocycles. The molecular formula is C12H22O3. The van der Waals surface area contributed by atoms with Crippen LogP contribution in [0.4, 0.5) is 0 Å². The van der Waals surface area contributed by atoms with Crippen LogP contribution in [-0.2, 0) is 4.79 Å². The van der Waals surface area contributed by atoms with Crippen LogP contribution >= 0.6 is 0 Å². The number of carboxylic acid groups (broad SMARTS) is 1. The predicted octanol–water partition coefficient (Wildman–Crippen LogP) is 2.74. The van der Waals surface area contributed by atoms with Crippen LogP contribution in [0.15, 0.2) is 12.2 Å². The van der Waals surface area contributed by atoms with Crippen molar-refractivity contribution in [3.8, 4) is 0 Å². The van der Waals surface area contributed by atoms with Crippen LogP contribution in [0.25, 0.3) is 0 Å². The molecule has 0 saturated carbocycles. The Morgan fingerprint density at radius 1 is 1.27 bits per heavy atom. The summed E-state index contributed by atoms with van der Waals surface area (Å²) in [5.41, 5.74) is 0. The molecule has 0 fully saturated rings. The van der Waals surface area contributed by atoms with Crippen LogP contribution in [0.2, 0.25) is 0 Å². The molecule has 0 radical (unpaired) electrons. The highest BCUT2D eigenvalue weighted by Crippen LogP contribution is 2.04. The molecule has 0 aliphatic rings. The van der Waals surface area contributed by atoms with Crippen molar-refractivity contribution in [3.63, 3.8) is 0 Å². The maximum atomic E-state index is 10.2. The number of hydrogen-bond acceptors (Lipinski definition) is 2. The third-order valence-electron chi connectivity index (χ3n) is 2.21. The first-order chi connectivity index (χ1) is 7.16. The van der Waals surface area contributed by atoms with Gasteiger partial charge in [-0.2, -0.15) is 0 Å². The van der Waals surface area contributed by atoms with Crippen molar-refractivity contribution in [2.45, 2.75) is 58.0 Å². The number of carbonyl (C=O) groups is 1. The highest BCUT2D eigenvalue weighted by molar-refractivity contribution is 5.67. The second-order valence-corrected chi connectivity index (χ2v) is 3.81. The summed E-state index contributed by atoms with van der Waals surface area (Å²) in [6.45, 7) is 2.18. The smallest absolute Gasteiger partial charge is 0.305 e. The van der Waals surface area contributed by atoms with Gasteiger partial charge in [0.15, 0.2) is 0 Å². The SMILES string of the molecule is CCCCCC/C=C/CC(O)CC(=O)O. The fraction of sp³-hybridized carbons (Fsp3) is 0.750. The van der Waals surface area contributed by atoms with E-state index >= 15 is 0 Å². The molecule has 0 amide bonds. The summed E-state index contributed by atoms with van der Waals surface area (Å²) in [6.07, 6.45) is 9.41. The molecule has 2 N–H and O–H groups in total. The van der Waals surface area contributed by atoms with E-state index in [1.807, 2.05) is 12.2 Å². The van der Waals surface area contributed by atoms with Crippen LogP contribution in [0, 0.1) is 0 Å². The molecule has 88 valence electrons. The van der Waals surface area contributed by atoms with Crippen molar-refractivity contribution in [1.82, 2.24) is 0 Å². The molecule has 0 bridgehead atoms. The molecule has 0 rings (SSSR count). The van der Waals surface area contributed by atoms with Gasteiger partial charge in [0.25, 0.3) is 0 Å². The summed E-state index contributed by atoms with van der Waals surface area (Å²) in [5, 5.41) is 17.6. The monoisotopic (exact) mass is 214 g/mol. The van der Waals surface area contributed by atoms with E-state index in [2.05, 4.69) is 6.92 Å². The summed E-state index contributed by atoms with van der Waals surface area (Å²) in [5.74, 6) is -0.946. The first-order valence-electron chi connectivity index (χ1n) is 5.71. The fourth-order valence-corrected chi connectivity index (χ4v) is 1.35. The van der Waals surface area contributed by atoms with Crippen molar-refractivity contribution < 1.29 is 15.0 Å². The van der Waals surface area contributed by atoms with Gasteiger partial charge in [0.2, 0.25) is 0 Å². The predicted molar refractivity (Wildman–Crippen MR) is 60.8 cm³/mol. The van der Waals surface area contributed by atoms with Crippen molar-refractivity contribution in [1.29, 1.82) is 0 Å². The Balaban J connectivity index is 3.33. The van der Waals surface area contributed by atoms with Gasteiger partial charge in [0.1, 0.15) is 0 Å². The number of rotatable bonds is 9. The third-order valence-corrected chi connectivity index (χ3v) is 2.21. The lowest BCUT2D eigenvalue weighted by molar-refractivity contribution is -0.139. The van der Waals surface area contributed by atoms with Gasteiger partial charge < -0.3 is 10.2 Å². The summed E-state index contributed by atoms with van der Waals surface area (Å²) in [4.78, 5) is 10.2. The molecule has 0 aromatic heterocycles. The van der Waals surface area contributed by atoms with E-state index in [4.69, 9.17) is 5.11 Å². The van der Waals surface area contributed by atoms with E-state index in [9.17, 15) is 9.90 Å². The number of unbranched alkanes of at least 4 members (excludes halogenated alkanes) is 4. The minimum Gasteiger partial charge on any atom is -0.481 e. The molecule has 3 nitrogen and oxygen atoms in total. The van der Waals surface area contributed by atoms with Gasteiger partial charge in [-0.1, -0.05) is 38.3 Å². The average Bonchev–Trinajstić information content (AvgIpc) is 2.15. The van der Waals surface area contributed by atoms with Crippen LogP contribution in [0.1, 0.15) is 51.9 Å². The Bertz CT molecular complexity index is 187. The Morgan fingerprint density at radius 2 is 2.00 bits per heavy atom. The van der Waals surface area contributed by atoms with Gasteiger partial charge in [-0.05, 0) is 19.3 Å². The first kappa shape index (κ1) is 14.2. The molecule has 0 saturated heterocycles. The normalized spacial score (nSPS) is 13.2. The van der Waals surface area contributed by atoms with E-state index < -0.39 is 12.1 Å². The number of aliphatic hydroxyl groups is 1. The molecule has 1 unspecified atom stereocenters. The Morgan fingerprint density at radius 3 is 2.60 bits per heavy atom. The highest BCUT2D eigenvalue weighted by atomic mass is 16.4. The average molecular weight is 214 g/mol. The van der Waals surface area contributed by atoms with Crippen LogP contribution in [0.3, 0.4) is 0 Å². The third kappa shape index (κ3) is 11.1. The number of carboxylic acids is 1. The Kier molecular flexibility index (Phi) is 9.18. The molecule has 3 heteroatoms. The van der Waals surface area contributed by atoms with E-state index in [0.29, 0.717) is 6.42 Å². The van der Waals surface area contributed by atoms with Crippen molar-refractivity contribution in [2.75, 3.05) is 0 Å². The quantitative estimate of drug-likeness (QED) is 0.458. The number of aliphatic carboxylic acids is 1. The fourth-order valence-electron chi connectivity index (χ4n) is 1.35. The summed E-state index contributed by atoms with van der Waals surface area (Å²) in [6, 6.07) is 0. The van der Waals surface area contributed by atoms with Gasteiger partial charge in [-0.3, -0.25) is 4.79 Å². The second kappa shape index (κ2) is 9.71. The number of allylic oxidation sites excluding steroid dienone is 1. The second-order valence-electron chi connectivity index (χ2n) is 3.81.